The Kier molecular flexibility index (Phi) is 7.21. The molecule has 1 fully saturated rings. The SMILES string of the molecule is CC1CN(CC[C@H](Cc2ccccc2)NC(=O)O[C@H]2CCOC2)S(=O)(=O)c2ccc(N)cc21. The van der Waals surface area contributed by atoms with E-state index >= 15 is 0 Å². The zero-order valence-electron chi connectivity index (χ0n) is 18.8. The van der Waals surface area contributed by atoms with Crippen molar-refractivity contribution in [2.75, 3.05) is 32.0 Å². The molecule has 3 atom stereocenters. The lowest BCUT2D eigenvalue weighted by atomic mass is 9.99. The number of carbonyl (C=O) groups excluding carboxylic acids is 1. The van der Waals surface area contributed by atoms with Gasteiger partial charge in [-0.1, -0.05) is 37.3 Å². The van der Waals surface area contributed by atoms with E-state index in [1.165, 1.54) is 4.31 Å². The van der Waals surface area contributed by atoms with Crippen LogP contribution >= 0.6 is 0 Å². The number of ether oxygens (including phenoxy) is 2. The molecule has 178 valence electrons. The Hall–Kier alpha value is -2.62. The van der Waals surface area contributed by atoms with E-state index in [9.17, 15) is 13.2 Å². The van der Waals surface area contributed by atoms with Gasteiger partial charge in [0, 0.05) is 31.2 Å². The molecule has 33 heavy (non-hydrogen) atoms. The van der Waals surface area contributed by atoms with E-state index in [0.29, 0.717) is 56.1 Å². The molecule has 2 heterocycles. The maximum atomic E-state index is 13.2. The summed E-state index contributed by atoms with van der Waals surface area (Å²) < 4.78 is 38.7. The number of sulfonamides is 1. The predicted octanol–water partition coefficient (Wildman–Crippen LogP) is 2.89. The number of nitrogen functional groups attached to an aromatic ring is 1. The number of nitrogens with zero attached hydrogens (tertiary/aromatic N) is 1. The molecule has 2 aliphatic rings. The van der Waals surface area contributed by atoms with E-state index in [-0.39, 0.29) is 18.1 Å². The van der Waals surface area contributed by atoms with Crippen LogP contribution in [0.15, 0.2) is 53.4 Å². The summed E-state index contributed by atoms with van der Waals surface area (Å²) in [5.41, 5.74) is 8.25. The van der Waals surface area contributed by atoms with Gasteiger partial charge in [0.05, 0.1) is 18.1 Å². The van der Waals surface area contributed by atoms with Crippen molar-refractivity contribution < 1.29 is 22.7 Å². The highest BCUT2D eigenvalue weighted by molar-refractivity contribution is 7.89. The molecule has 2 aliphatic heterocycles. The average Bonchev–Trinajstić information content (AvgIpc) is 3.28. The fraction of sp³-hybridized carbons (Fsp3) is 0.458. The van der Waals surface area contributed by atoms with Crippen molar-refractivity contribution >= 4 is 21.8 Å². The van der Waals surface area contributed by atoms with Gasteiger partial charge in [-0.2, -0.15) is 4.31 Å². The van der Waals surface area contributed by atoms with Crippen LogP contribution in [0.5, 0.6) is 0 Å². The number of anilines is 1. The van der Waals surface area contributed by atoms with Crippen molar-refractivity contribution in [2.45, 2.75) is 49.1 Å². The molecule has 0 bridgehead atoms. The number of rotatable bonds is 7. The van der Waals surface area contributed by atoms with E-state index in [1.807, 2.05) is 37.3 Å². The first kappa shape index (κ1) is 23.5. The van der Waals surface area contributed by atoms with Gasteiger partial charge in [-0.3, -0.25) is 0 Å². The first-order valence-corrected chi connectivity index (χ1v) is 12.8. The second kappa shape index (κ2) is 10.1. The van der Waals surface area contributed by atoms with Gasteiger partial charge in [0.25, 0.3) is 0 Å². The molecule has 8 nitrogen and oxygen atoms in total. The minimum Gasteiger partial charge on any atom is -0.444 e. The number of amides is 1. The van der Waals surface area contributed by atoms with E-state index in [0.717, 1.165) is 11.1 Å². The number of benzene rings is 2. The Morgan fingerprint density at radius 3 is 2.79 bits per heavy atom. The molecule has 2 aromatic rings. The number of nitrogens with two attached hydrogens (primary N) is 1. The number of fused-ring (bicyclic) bond motifs is 1. The highest BCUT2D eigenvalue weighted by atomic mass is 32.2. The first-order chi connectivity index (χ1) is 15.8. The summed E-state index contributed by atoms with van der Waals surface area (Å²) in [6.07, 6.45) is 0.983. The second-order valence-electron chi connectivity index (χ2n) is 8.77. The number of nitrogens with one attached hydrogen (secondary N) is 1. The molecule has 9 heteroatoms. The lowest BCUT2D eigenvalue weighted by Crippen LogP contribution is -2.44. The van der Waals surface area contributed by atoms with Crippen LogP contribution in [0, 0.1) is 0 Å². The summed E-state index contributed by atoms with van der Waals surface area (Å²) in [5, 5.41) is 2.94. The fourth-order valence-corrected chi connectivity index (χ4v) is 6.26. The molecule has 0 aromatic heterocycles. The largest absolute Gasteiger partial charge is 0.444 e. The second-order valence-corrected chi connectivity index (χ2v) is 10.7. The molecule has 0 spiro atoms. The molecule has 4 rings (SSSR count). The molecule has 0 saturated carbocycles. The van der Waals surface area contributed by atoms with E-state index in [4.69, 9.17) is 15.2 Å². The van der Waals surface area contributed by atoms with Crippen LogP contribution < -0.4 is 11.1 Å². The predicted molar refractivity (Wildman–Crippen MR) is 125 cm³/mol. The van der Waals surface area contributed by atoms with Gasteiger partial charge >= 0.3 is 6.09 Å². The molecule has 1 unspecified atom stereocenters. The average molecular weight is 474 g/mol. The molecule has 0 radical (unpaired) electrons. The standard InChI is InChI=1S/C24H31N3O5S/c1-17-15-27(33(29,30)23-8-7-19(25)14-22(17)23)11-9-20(13-18-5-3-2-4-6-18)26-24(28)32-21-10-12-31-16-21/h2-8,14,17,20-21H,9-13,15-16,25H2,1H3,(H,26,28)/t17?,20-,21+/m1/s1. The first-order valence-electron chi connectivity index (χ1n) is 11.3. The van der Waals surface area contributed by atoms with Crippen molar-refractivity contribution in [3.05, 3.63) is 59.7 Å². The number of alkyl carbamates (subject to hydrolysis) is 1. The van der Waals surface area contributed by atoms with Crippen molar-refractivity contribution in [1.29, 1.82) is 0 Å². The highest BCUT2D eigenvalue weighted by Gasteiger charge is 2.35. The minimum absolute atomic E-state index is 0.0277. The normalized spacial score (nSPS) is 22.9. The van der Waals surface area contributed by atoms with Gasteiger partial charge in [0.15, 0.2) is 0 Å². The Labute approximate surface area is 195 Å². The highest BCUT2D eigenvalue weighted by Crippen LogP contribution is 2.34. The third kappa shape index (κ3) is 5.66. The third-order valence-corrected chi connectivity index (χ3v) is 8.13. The molecule has 2 aromatic carbocycles. The summed E-state index contributed by atoms with van der Waals surface area (Å²) in [6.45, 7) is 3.66. The smallest absolute Gasteiger partial charge is 0.407 e. The van der Waals surface area contributed by atoms with Crippen LogP contribution in [0.3, 0.4) is 0 Å². The summed E-state index contributed by atoms with van der Waals surface area (Å²) >= 11 is 0. The fourth-order valence-electron chi connectivity index (χ4n) is 4.42. The number of hydrogen-bond donors (Lipinski definition) is 2. The van der Waals surface area contributed by atoms with E-state index in [1.54, 1.807) is 18.2 Å². The third-order valence-electron chi connectivity index (χ3n) is 6.20. The van der Waals surface area contributed by atoms with E-state index < -0.39 is 16.1 Å². The monoisotopic (exact) mass is 473 g/mol. The molecule has 3 N–H and O–H groups in total. The molecular weight excluding hydrogens is 442 g/mol. The van der Waals surface area contributed by atoms with Gasteiger partial charge in [0.2, 0.25) is 10.0 Å². The Balaban J connectivity index is 1.46. The Morgan fingerprint density at radius 2 is 2.06 bits per heavy atom. The maximum absolute atomic E-state index is 13.2. The van der Waals surface area contributed by atoms with E-state index in [2.05, 4.69) is 5.32 Å². The van der Waals surface area contributed by atoms with Crippen molar-refractivity contribution in [3.8, 4) is 0 Å². The van der Waals surface area contributed by atoms with Crippen LogP contribution in [0.1, 0.15) is 36.8 Å². The molecular formula is C24H31N3O5S. The summed E-state index contributed by atoms with van der Waals surface area (Å²) in [4.78, 5) is 12.8. The number of hydrogen-bond acceptors (Lipinski definition) is 6. The van der Waals surface area contributed by atoms with Gasteiger partial charge in [-0.25, -0.2) is 13.2 Å². The van der Waals surface area contributed by atoms with Crippen LogP contribution in [0.4, 0.5) is 10.5 Å². The van der Waals surface area contributed by atoms with Gasteiger partial charge in [-0.15, -0.1) is 0 Å². The molecule has 1 amide bonds. The van der Waals surface area contributed by atoms with Crippen LogP contribution in [0.2, 0.25) is 0 Å². The summed E-state index contributed by atoms with van der Waals surface area (Å²) in [5.74, 6) is 0.0277. The maximum Gasteiger partial charge on any atom is 0.407 e. The van der Waals surface area contributed by atoms with Gasteiger partial charge < -0.3 is 20.5 Å². The van der Waals surface area contributed by atoms with Crippen LogP contribution in [0.25, 0.3) is 0 Å². The number of carbonyl (C=O) groups is 1. The van der Waals surface area contributed by atoms with Crippen molar-refractivity contribution in [3.63, 3.8) is 0 Å². The summed E-state index contributed by atoms with van der Waals surface area (Å²) in [6, 6.07) is 14.5. The van der Waals surface area contributed by atoms with Crippen LogP contribution in [-0.2, 0) is 25.9 Å². The quantitative estimate of drug-likeness (QED) is 0.598. The minimum atomic E-state index is -3.63. The van der Waals surface area contributed by atoms with Crippen molar-refractivity contribution in [1.82, 2.24) is 9.62 Å². The van der Waals surface area contributed by atoms with Gasteiger partial charge in [-0.05, 0) is 48.1 Å². The van der Waals surface area contributed by atoms with Crippen LogP contribution in [-0.4, -0.2) is 57.3 Å². The summed E-state index contributed by atoms with van der Waals surface area (Å²) in [7, 11) is -3.63. The lowest BCUT2D eigenvalue weighted by Gasteiger charge is -2.33. The Morgan fingerprint density at radius 1 is 1.27 bits per heavy atom. The van der Waals surface area contributed by atoms with Gasteiger partial charge in [0.1, 0.15) is 6.10 Å². The van der Waals surface area contributed by atoms with Crippen molar-refractivity contribution in [2.24, 2.45) is 0 Å². The molecule has 1 saturated heterocycles. The zero-order valence-corrected chi connectivity index (χ0v) is 19.6. The lowest BCUT2D eigenvalue weighted by molar-refractivity contribution is 0.0803. The zero-order chi connectivity index (χ0) is 23.4. The topological polar surface area (TPSA) is 111 Å². The Bertz CT molecular complexity index is 1070. The molecule has 0 aliphatic carbocycles.